The number of Topliss-reactive ketones (excluding diaryl/α,β-unsaturated/α-hetero) is 1. The lowest BCUT2D eigenvalue weighted by molar-refractivity contribution is 0.103. The van der Waals surface area contributed by atoms with Gasteiger partial charge < -0.3 is 4.90 Å². The zero-order valence-electron chi connectivity index (χ0n) is 17.2. The number of fused-ring (bicyclic) bond motifs is 3. The molecular formula is C28H21NO2. The maximum absolute atomic E-state index is 13.7. The number of aryl methyl sites for hydroxylation is 1. The number of nitrogens with zero attached hydrogens (tertiary/aromatic N) is 1. The van der Waals surface area contributed by atoms with E-state index in [-0.39, 0.29) is 11.8 Å². The van der Waals surface area contributed by atoms with Crippen molar-refractivity contribution in [3.8, 4) is 0 Å². The van der Waals surface area contributed by atoms with Gasteiger partial charge in [-0.25, -0.2) is 4.79 Å². The fourth-order valence-electron chi connectivity index (χ4n) is 4.43. The van der Waals surface area contributed by atoms with Crippen LogP contribution in [0.25, 0.3) is 11.8 Å². The summed E-state index contributed by atoms with van der Waals surface area (Å²) in [6.07, 6.45) is 4.52. The second kappa shape index (κ2) is 7.71. The van der Waals surface area contributed by atoms with E-state index in [1.54, 1.807) is 0 Å². The van der Waals surface area contributed by atoms with E-state index < -0.39 is 0 Å². The Hall–Kier alpha value is -3.94. The molecule has 0 aliphatic carbocycles. The van der Waals surface area contributed by atoms with Crippen molar-refractivity contribution in [2.45, 2.75) is 19.4 Å². The number of carbonyl (C=O) groups excluding carboxylic acids is 2. The molecule has 3 heteroatoms. The smallest absolute Gasteiger partial charge is 0.196 e. The van der Waals surface area contributed by atoms with E-state index in [0.29, 0.717) is 23.1 Å². The first-order valence-corrected chi connectivity index (χ1v) is 10.4. The summed E-state index contributed by atoms with van der Waals surface area (Å²) in [7, 11) is 0. The zero-order valence-corrected chi connectivity index (χ0v) is 17.2. The van der Waals surface area contributed by atoms with Crippen LogP contribution in [0.2, 0.25) is 0 Å². The largest absolute Gasteiger partial charge is 0.339 e. The van der Waals surface area contributed by atoms with Crippen molar-refractivity contribution in [2.24, 2.45) is 0 Å². The minimum absolute atomic E-state index is 0.0770. The number of hydrogen-bond donors (Lipinski definition) is 0. The molecule has 3 aromatic carbocycles. The van der Waals surface area contributed by atoms with Crippen molar-refractivity contribution >= 4 is 23.5 Å². The minimum atomic E-state index is -0.144. The fourth-order valence-corrected chi connectivity index (χ4v) is 4.43. The van der Waals surface area contributed by atoms with Gasteiger partial charge in [0.05, 0.1) is 22.9 Å². The van der Waals surface area contributed by atoms with Crippen LogP contribution in [-0.2, 0) is 4.79 Å². The summed E-state index contributed by atoms with van der Waals surface area (Å²) >= 11 is 0. The van der Waals surface area contributed by atoms with Crippen LogP contribution in [0.1, 0.15) is 45.1 Å². The maximum Gasteiger partial charge on any atom is 0.196 e. The topological polar surface area (TPSA) is 37.4 Å². The van der Waals surface area contributed by atoms with Gasteiger partial charge >= 0.3 is 0 Å². The zero-order chi connectivity index (χ0) is 21.4. The lowest BCUT2D eigenvalue weighted by Crippen LogP contribution is -2.32. The first-order valence-electron chi connectivity index (χ1n) is 10.4. The van der Waals surface area contributed by atoms with Crippen LogP contribution in [0.5, 0.6) is 0 Å². The summed E-state index contributed by atoms with van der Waals surface area (Å²) in [4.78, 5) is 28.0. The third-order valence-corrected chi connectivity index (χ3v) is 6.01. The van der Waals surface area contributed by atoms with E-state index in [1.807, 2.05) is 79.9 Å². The molecule has 1 atom stereocenters. The molecule has 150 valence electrons. The highest BCUT2D eigenvalue weighted by molar-refractivity contribution is 6.18. The highest BCUT2D eigenvalue weighted by Gasteiger charge is 2.37. The summed E-state index contributed by atoms with van der Waals surface area (Å²) in [6.45, 7) is 1.99. The van der Waals surface area contributed by atoms with Crippen molar-refractivity contribution in [3.63, 3.8) is 0 Å². The summed E-state index contributed by atoms with van der Waals surface area (Å²) in [5.41, 5.74) is 6.39. The van der Waals surface area contributed by atoms with E-state index in [9.17, 15) is 9.59 Å². The molecule has 0 bridgehead atoms. The van der Waals surface area contributed by atoms with Crippen LogP contribution in [0.15, 0.2) is 96.2 Å². The Balaban J connectivity index is 1.76. The maximum atomic E-state index is 13.7. The van der Waals surface area contributed by atoms with Crippen molar-refractivity contribution < 1.29 is 9.59 Å². The lowest BCUT2D eigenvalue weighted by Gasteiger charge is -2.41. The van der Waals surface area contributed by atoms with Gasteiger partial charge in [-0.15, -0.1) is 0 Å². The predicted molar refractivity (Wildman–Crippen MR) is 123 cm³/mol. The van der Waals surface area contributed by atoms with Crippen LogP contribution < -0.4 is 0 Å². The van der Waals surface area contributed by atoms with E-state index >= 15 is 0 Å². The van der Waals surface area contributed by atoms with Gasteiger partial charge in [-0.1, -0.05) is 84.4 Å². The van der Waals surface area contributed by atoms with Crippen LogP contribution in [0.3, 0.4) is 0 Å². The highest BCUT2D eigenvalue weighted by Crippen LogP contribution is 2.47. The first kappa shape index (κ1) is 19.0. The number of rotatable bonds is 3. The SMILES string of the molecule is Cc1ccc(C(=O)C2=C3c4ccccc4C=CN3C(c3ccccc3)CC2=C=O)cc1. The number of carbonyl (C=O) groups is 1. The van der Waals surface area contributed by atoms with Gasteiger partial charge in [-0.05, 0) is 24.1 Å². The number of allylic oxidation sites excluding steroid dienone is 1. The molecular weight excluding hydrogens is 382 g/mol. The van der Waals surface area contributed by atoms with Gasteiger partial charge in [0, 0.05) is 23.7 Å². The lowest BCUT2D eigenvalue weighted by atomic mass is 9.81. The fraction of sp³-hybridized carbons (Fsp3) is 0.107. The minimum Gasteiger partial charge on any atom is -0.339 e. The number of benzene rings is 3. The average molecular weight is 403 g/mol. The Morgan fingerprint density at radius 3 is 2.39 bits per heavy atom. The molecule has 0 radical (unpaired) electrons. The van der Waals surface area contributed by atoms with Crippen molar-refractivity contribution in [2.75, 3.05) is 0 Å². The molecule has 5 rings (SSSR count). The van der Waals surface area contributed by atoms with Gasteiger partial charge in [-0.2, -0.15) is 0 Å². The summed E-state index contributed by atoms with van der Waals surface area (Å²) in [5.74, 6) is 1.97. The monoisotopic (exact) mass is 403 g/mol. The molecule has 0 fully saturated rings. The molecule has 3 aromatic rings. The summed E-state index contributed by atoms with van der Waals surface area (Å²) in [6, 6.07) is 25.5. The summed E-state index contributed by atoms with van der Waals surface area (Å²) < 4.78 is 0. The third-order valence-electron chi connectivity index (χ3n) is 6.01. The molecule has 2 heterocycles. The first-order chi connectivity index (χ1) is 15.2. The van der Waals surface area contributed by atoms with Gasteiger partial charge in [0.15, 0.2) is 5.78 Å². The Labute approximate surface area is 181 Å². The molecule has 0 N–H and O–H groups in total. The quantitative estimate of drug-likeness (QED) is 0.411. The number of hydrogen-bond acceptors (Lipinski definition) is 3. The molecule has 2 aliphatic heterocycles. The normalized spacial score (nSPS) is 17.1. The van der Waals surface area contributed by atoms with Crippen molar-refractivity contribution in [1.29, 1.82) is 0 Å². The van der Waals surface area contributed by atoms with Crippen molar-refractivity contribution in [1.82, 2.24) is 4.90 Å². The molecule has 0 saturated carbocycles. The standard InChI is InChI=1S/C28H21NO2/c1-19-11-13-22(14-12-19)28(31)26-23(18-30)17-25(21-8-3-2-4-9-21)29-16-15-20-7-5-6-10-24(20)27(26)29/h2-16,25H,17H2,1H3. The Bertz CT molecular complexity index is 1280. The molecule has 0 saturated heterocycles. The second-order valence-electron chi connectivity index (χ2n) is 7.94. The average Bonchev–Trinajstić information content (AvgIpc) is 2.83. The third kappa shape index (κ3) is 3.26. The Kier molecular flexibility index (Phi) is 4.74. The molecule has 3 nitrogen and oxygen atoms in total. The van der Waals surface area contributed by atoms with Gasteiger partial charge in [-0.3, -0.25) is 4.79 Å². The molecule has 0 aromatic heterocycles. The van der Waals surface area contributed by atoms with E-state index in [2.05, 4.69) is 29.1 Å². The van der Waals surface area contributed by atoms with Crippen LogP contribution in [-0.4, -0.2) is 16.6 Å². The van der Waals surface area contributed by atoms with Crippen LogP contribution in [0.4, 0.5) is 0 Å². The van der Waals surface area contributed by atoms with Crippen LogP contribution in [0, 0.1) is 6.92 Å². The molecule has 1 unspecified atom stereocenters. The Morgan fingerprint density at radius 1 is 0.935 bits per heavy atom. The van der Waals surface area contributed by atoms with E-state index in [1.165, 1.54) is 0 Å². The predicted octanol–water partition coefficient (Wildman–Crippen LogP) is 5.78. The van der Waals surface area contributed by atoms with Crippen molar-refractivity contribution in [3.05, 3.63) is 124 Å². The Morgan fingerprint density at radius 2 is 1.65 bits per heavy atom. The molecule has 31 heavy (non-hydrogen) atoms. The van der Waals surface area contributed by atoms with E-state index in [0.717, 1.165) is 28.0 Å². The second-order valence-corrected chi connectivity index (χ2v) is 7.94. The molecule has 0 amide bonds. The highest BCUT2D eigenvalue weighted by atomic mass is 16.1. The number of ketones is 1. The van der Waals surface area contributed by atoms with Gasteiger partial charge in [0.1, 0.15) is 5.94 Å². The van der Waals surface area contributed by atoms with Crippen LogP contribution >= 0.6 is 0 Å². The van der Waals surface area contributed by atoms with Gasteiger partial charge in [0.2, 0.25) is 0 Å². The van der Waals surface area contributed by atoms with E-state index in [4.69, 9.17) is 0 Å². The van der Waals surface area contributed by atoms with Gasteiger partial charge in [0.25, 0.3) is 0 Å². The summed E-state index contributed by atoms with van der Waals surface area (Å²) in [5, 5.41) is 0. The molecule has 0 spiro atoms. The molecule has 2 aliphatic rings.